The summed E-state index contributed by atoms with van der Waals surface area (Å²) in [6, 6.07) is 11.1. The average Bonchev–Trinajstić information content (AvgIpc) is 2.81. The second-order valence-electron chi connectivity index (χ2n) is 3.66. The molecule has 4 heteroatoms. The Morgan fingerprint density at radius 2 is 2.06 bits per heavy atom. The molecule has 0 fully saturated rings. The third-order valence-electron chi connectivity index (χ3n) is 2.44. The van der Waals surface area contributed by atoms with E-state index in [1.54, 1.807) is 12.1 Å². The summed E-state index contributed by atoms with van der Waals surface area (Å²) in [5.41, 5.74) is 7.00. The number of anilines is 2. The highest BCUT2D eigenvalue weighted by molar-refractivity contribution is 7.14. The third-order valence-corrected chi connectivity index (χ3v) is 3.67. The maximum atomic E-state index is 11.9. The number of nitrogen functional groups attached to an aromatic ring is 1. The van der Waals surface area contributed by atoms with Crippen LogP contribution in [0.2, 0.25) is 0 Å². The molecular weight excluding hydrogens is 232 g/mol. The number of carbonyl (C=O) groups excluding carboxylic acids is 1. The Hall–Kier alpha value is -1.81. The van der Waals surface area contributed by atoms with Crippen molar-refractivity contribution in [2.75, 3.05) is 11.1 Å². The van der Waals surface area contributed by atoms with Crippen LogP contribution in [0.3, 0.4) is 0 Å². The lowest BCUT2D eigenvalue weighted by Gasteiger charge is -2.06. The van der Waals surface area contributed by atoms with Crippen molar-refractivity contribution >= 4 is 28.6 Å². The van der Waals surface area contributed by atoms with E-state index in [9.17, 15) is 4.79 Å². The zero-order valence-corrected chi connectivity index (χ0v) is 10.4. The number of rotatable bonds is 3. The quantitative estimate of drug-likeness (QED) is 0.817. The Morgan fingerprint density at radius 3 is 2.71 bits per heavy atom. The molecule has 0 aliphatic rings. The zero-order valence-electron chi connectivity index (χ0n) is 9.57. The van der Waals surface area contributed by atoms with Crippen LogP contribution in [0, 0.1) is 0 Å². The molecule has 0 unspecified atom stereocenters. The van der Waals surface area contributed by atoms with Gasteiger partial charge in [-0.05, 0) is 30.7 Å². The summed E-state index contributed by atoms with van der Waals surface area (Å²) in [4.78, 5) is 13.9. The number of aryl methyl sites for hydroxylation is 1. The first-order chi connectivity index (χ1) is 8.20. The third kappa shape index (κ3) is 2.65. The van der Waals surface area contributed by atoms with Gasteiger partial charge < -0.3 is 11.1 Å². The Morgan fingerprint density at radius 1 is 1.29 bits per heavy atom. The number of nitrogens with two attached hydrogens (primary N) is 1. The van der Waals surface area contributed by atoms with Gasteiger partial charge in [-0.3, -0.25) is 4.79 Å². The van der Waals surface area contributed by atoms with Crippen molar-refractivity contribution < 1.29 is 4.79 Å². The first kappa shape index (κ1) is 11.7. The first-order valence-electron chi connectivity index (χ1n) is 5.45. The molecule has 17 heavy (non-hydrogen) atoms. The van der Waals surface area contributed by atoms with Crippen LogP contribution < -0.4 is 11.1 Å². The van der Waals surface area contributed by atoms with Crippen molar-refractivity contribution in [3.8, 4) is 0 Å². The van der Waals surface area contributed by atoms with E-state index >= 15 is 0 Å². The molecule has 0 aliphatic heterocycles. The van der Waals surface area contributed by atoms with E-state index in [2.05, 4.69) is 12.2 Å². The Labute approximate surface area is 104 Å². The van der Waals surface area contributed by atoms with Crippen molar-refractivity contribution in [2.24, 2.45) is 0 Å². The van der Waals surface area contributed by atoms with E-state index in [1.807, 2.05) is 24.3 Å². The van der Waals surface area contributed by atoms with Crippen molar-refractivity contribution in [1.82, 2.24) is 0 Å². The van der Waals surface area contributed by atoms with Crippen LogP contribution >= 0.6 is 11.3 Å². The van der Waals surface area contributed by atoms with E-state index in [0.29, 0.717) is 16.3 Å². The topological polar surface area (TPSA) is 55.1 Å². The van der Waals surface area contributed by atoms with E-state index in [0.717, 1.165) is 6.42 Å². The number of thiophene rings is 1. The Balaban J connectivity index is 2.14. The highest BCUT2D eigenvalue weighted by Crippen LogP contribution is 2.21. The van der Waals surface area contributed by atoms with Gasteiger partial charge in [-0.2, -0.15) is 0 Å². The molecule has 3 nitrogen and oxygen atoms in total. The molecule has 2 rings (SSSR count). The van der Waals surface area contributed by atoms with Gasteiger partial charge in [-0.25, -0.2) is 0 Å². The van der Waals surface area contributed by atoms with Gasteiger partial charge in [0.2, 0.25) is 0 Å². The van der Waals surface area contributed by atoms with Crippen LogP contribution in [-0.2, 0) is 6.42 Å². The maximum Gasteiger partial charge on any atom is 0.265 e. The molecule has 0 atom stereocenters. The summed E-state index contributed by atoms with van der Waals surface area (Å²) in [7, 11) is 0. The molecule has 88 valence electrons. The molecule has 0 spiro atoms. The van der Waals surface area contributed by atoms with Crippen LogP contribution in [0.15, 0.2) is 36.4 Å². The van der Waals surface area contributed by atoms with Gasteiger partial charge in [0, 0.05) is 4.88 Å². The maximum absolute atomic E-state index is 11.9. The first-order valence-corrected chi connectivity index (χ1v) is 6.27. The Bertz CT molecular complexity index is 534. The molecule has 1 aromatic heterocycles. The number of hydrogen-bond acceptors (Lipinski definition) is 3. The lowest BCUT2D eigenvalue weighted by atomic mass is 10.2. The standard InChI is InChI=1S/C13H14N2OS/c1-2-9-7-8-12(17-9)13(16)15-11-6-4-3-5-10(11)14/h3-8H,2,14H2,1H3,(H,15,16). The average molecular weight is 246 g/mol. The number of hydrogen-bond donors (Lipinski definition) is 2. The molecule has 2 aromatic rings. The molecule has 0 saturated heterocycles. The highest BCUT2D eigenvalue weighted by Gasteiger charge is 2.09. The van der Waals surface area contributed by atoms with Crippen molar-refractivity contribution in [3.05, 3.63) is 46.2 Å². The fraction of sp³-hybridized carbons (Fsp3) is 0.154. The Kier molecular flexibility index (Phi) is 3.44. The van der Waals surface area contributed by atoms with Crippen molar-refractivity contribution in [3.63, 3.8) is 0 Å². The molecule has 1 aromatic carbocycles. The van der Waals surface area contributed by atoms with Crippen LogP contribution in [0.4, 0.5) is 11.4 Å². The smallest absolute Gasteiger partial charge is 0.265 e. The lowest BCUT2D eigenvalue weighted by Crippen LogP contribution is -2.11. The predicted octanol–water partition coefficient (Wildman–Crippen LogP) is 3.15. The van der Waals surface area contributed by atoms with E-state index in [-0.39, 0.29) is 5.91 Å². The minimum Gasteiger partial charge on any atom is -0.397 e. The predicted molar refractivity (Wildman–Crippen MR) is 72.5 cm³/mol. The lowest BCUT2D eigenvalue weighted by molar-refractivity contribution is 0.103. The largest absolute Gasteiger partial charge is 0.397 e. The summed E-state index contributed by atoms with van der Waals surface area (Å²) in [6.45, 7) is 2.07. The summed E-state index contributed by atoms with van der Waals surface area (Å²) < 4.78 is 0. The second kappa shape index (κ2) is 5.01. The summed E-state index contributed by atoms with van der Waals surface area (Å²) >= 11 is 1.51. The number of nitrogens with one attached hydrogen (secondary N) is 1. The van der Waals surface area contributed by atoms with Gasteiger partial charge >= 0.3 is 0 Å². The zero-order chi connectivity index (χ0) is 12.3. The molecule has 0 aliphatic carbocycles. The molecule has 0 saturated carbocycles. The molecule has 1 heterocycles. The molecule has 3 N–H and O–H groups in total. The molecule has 0 bridgehead atoms. The van der Waals surface area contributed by atoms with Gasteiger partial charge in [0.05, 0.1) is 16.3 Å². The van der Waals surface area contributed by atoms with Gasteiger partial charge in [0.1, 0.15) is 0 Å². The van der Waals surface area contributed by atoms with E-state index in [1.165, 1.54) is 16.2 Å². The molecule has 0 radical (unpaired) electrons. The van der Waals surface area contributed by atoms with E-state index < -0.39 is 0 Å². The monoisotopic (exact) mass is 246 g/mol. The summed E-state index contributed by atoms with van der Waals surface area (Å²) in [6.07, 6.45) is 0.950. The normalized spacial score (nSPS) is 10.2. The molecular formula is C13H14N2OS. The highest BCUT2D eigenvalue weighted by atomic mass is 32.1. The number of amides is 1. The van der Waals surface area contributed by atoms with Gasteiger partial charge in [-0.1, -0.05) is 19.1 Å². The van der Waals surface area contributed by atoms with Crippen molar-refractivity contribution in [1.29, 1.82) is 0 Å². The number of carbonyl (C=O) groups is 1. The second-order valence-corrected chi connectivity index (χ2v) is 4.83. The van der Waals surface area contributed by atoms with Crippen LogP contribution in [0.5, 0.6) is 0 Å². The van der Waals surface area contributed by atoms with Gasteiger partial charge in [-0.15, -0.1) is 11.3 Å². The van der Waals surface area contributed by atoms with Gasteiger partial charge in [0.25, 0.3) is 5.91 Å². The molecule has 1 amide bonds. The van der Waals surface area contributed by atoms with Crippen LogP contribution in [0.1, 0.15) is 21.5 Å². The minimum absolute atomic E-state index is 0.104. The fourth-order valence-electron chi connectivity index (χ4n) is 1.48. The number of benzene rings is 1. The minimum atomic E-state index is -0.104. The van der Waals surface area contributed by atoms with E-state index in [4.69, 9.17) is 5.73 Å². The van der Waals surface area contributed by atoms with Gasteiger partial charge in [0.15, 0.2) is 0 Å². The van der Waals surface area contributed by atoms with Crippen LogP contribution in [-0.4, -0.2) is 5.91 Å². The summed E-state index contributed by atoms with van der Waals surface area (Å²) in [5.74, 6) is -0.104. The fourth-order valence-corrected chi connectivity index (χ4v) is 2.33. The summed E-state index contributed by atoms with van der Waals surface area (Å²) in [5, 5.41) is 2.81. The SMILES string of the molecule is CCc1ccc(C(=O)Nc2ccccc2N)s1. The number of para-hydroxylation sites is 2. The van der Waals surface area contributed by atoms with Crippen LogP contribution in [0.25, 0.3) is 0 Å². The van der Waals surface area contributed by atoms with Crippen molar-refractivity contribution in [2.45, 2.75) is 13.3 Å².